The lowest BCUT2D eigenvalue weighted by molar-refractivity contribution is -0.121. The summed E-state index contributed by atoms with van der Waals surface area (Å²) in [4.78, 5) is 23.5. The molecule has 2 amide bonds. The van der Waals surface area contributed by atoms with E-state index in [4.69, 9.17) is 13.9 Å². The summed E-state index contributed by atoms with van der Waals surface area (Å²) >= 11 is 0. The maximum absolute atomic E-state index is 11.8. The summed E-state index contributed by atoms with van der Waals surface area (Å²) in [5.41, 5.74) is 1.05. The molecule has 1 aromatic carbocycles. The van der Waals surface area contributed by atoms with Crippen molar-refractivity contribution in [1.29, 1.82) is 0 Å². The van der Waals surface area contributed by atoms with Crippen LogP contribution in [0, 0.1) is 0 Å². The summed E-state index contributed by atoms with van der Waals surface area (Å²) in [6.07, 6.45) is 3.06. The van der Waals surface area contributed by atoms with Crippen molar-refractivity contribution in [2.24, 2.45) is 0 Å². The quantitative estimate of drug-likeness (QED) is 0.634. The Hall–Kier alpha value is -2.96. The second-order valence-electron chi connectivity index (χ2n) is 5.63. The fourth-order valence-corrected chi connectivity index (χ4v) is 2.42. The van der Waals surface area contributed by atoms with E-state index in [-0.39, 0.29) is 17.6 Å². The molecule has 0 fully saturated rings. The largest absolute Gasteiger partial charge is 0.493 e. The van der Waals surface area contributed by atoms with Crippen LogP contribution in [-0.4, -0.2) is 39.1 Å². The normalized spacial score (nSPS) is 10.2. The summed E-state index contributed by atoms with van der Waals surface area (Å²) in [6.45, 7) is 0.954. The van der Waals surface area contributed by atoms with Crippen molar-refractivity contribution in [2.45, 2.75) is 19.3 Å². The van der Waals surface area contributed by atoms with Crippen LogP contribution in [0.4, 0.5) is 0 Å². The number of carbonyl (C=O) groups excluding carboxylic acids is 2. The number of methoxy groups -OCH3 is 2. The van der Waals surface area contributed by atoms with E-state index in [9.17, 15) is 9.59 Å². The lowest BCUT2D eigenvalue weighted by Crippen LogP contribution is -2.28. The Morgan fingerprint density at radius 1 is 1.04 bits per heavy atom. The molecule has 0 saturated carbocycles. The lowest BCUT2D eigenvalue weighted by atomic mass is 10.1. The Morgan fingerprint density at radius 2 is 1.85 bits per heavy atom. The lowest BCUT2D eigenvalue weighted by Gasteiger charge is -2.10. The number of hydrogen-bond acceptors (Lipinski definition) is 5. The molecule has 2 N–H and O–H groups in total. The fraction of sp³-hybridized carbons (Fsp3) is 0.368. The van der Waals surface area contributed by atoms with Gasteiger partial charge >= 0.3 is 0 Å². The second kappa shape index (κ2) is 10.1. The summed E-state index contributed by atoms with van der Waals surface area (Å²) in [6, 6.07) is 8.93. The minimum absolute atomic E-state index is 0.0438. The van der Waals surface area contributed by atoms with E-state index in [1.54, 1.807) is 26.4 Å². The number of amides is 2. The highest BCUT2D eigenvalue weighted by Crippen LogP contribution is 2.27. The molecule has 26 heavy (non-hydrogen) atoms. The van der Waals surface area contributed by atoms with Crippen LogP contribution in [0.3, 0.4) is 0 Å². The smallest absolute Gasteiger partial charge is 0.286 e. The van der Waals surface area contributed by atoms with Gasteiger partial charge < -0.3 is 24.5 Å². The highest BCUT2D eigenvalue weighted by atomic mass is 16.5. The Balaban J connectivity index is 1.62. The number of rotatable bonds is 10. The van der Waals surface area contributed by atoms with Crippen molar-refractivity contribution in [3.05, 3.63) is 47.9 Å². The molecule has 0 aliphatic carbocycles. The number of hydrogen-bond donors (Lipinski definition) is 2. The van der Waals surface area contributed by atoms with Gasteiger partial charge in [-0.05, 0) is 42.7 Å². The van der Waals surface area contributed by atoms with Crippen LogP contribution in [-0.2, 0) is 11.2 Å². The summed E-state index contributed by atoms with van der Waals surface area (Å²) in [7, 11) is 3.18. The molecule has 0 unspecified atom stereocenters. The number of nitrogens with one attached hydrogen (secondary N) is 2. The highest BCUT2D eigenvalue weighted by Gasteiger charge is 2.08. The summed E-state index contributed by atoms with van der Waals surface area (Å²) < 4.78 is 15.5. The second-order valence-corrected chi connectivity index (χ2v) is 5.63. The Bertz CT molecular complexity index is 713. The molecule has 0 bridgehead atoms. The number of ether oxygens (including phenoxy) is 2. The van der Waals surface area contributed by atoms with Crippen molar-refractivity contribution >= 4 is 11.8 Å². The zero-order valence-corrected chi connectivity index (χ0v) is 15.0. The van der Waals surface area contributed by atoms with Crippen molar-refractivity contribution in [3.63, 3.8) is 0 Å². The van der Waals surface area contributed by atoms with Crippen LogP contribution in [0.5, 0.6) is 11.5 Å². The van der Waals surface area contributed by atoms with Crippen LogP contribution >= 0.6 is 0 Å². The van der Waals surface area contributed by atoms with Crippen molar-refractivity contribution in [2.75, 3.05) is 27.3 Å². The van der Waals surface area contributed by atoms with Gasteiger partial charge in [0.15, 0.2) is 17.3 Å². The predicted molar refractivity (Wildman–Crippen MR) is 96.5 cm³/mol. The van der Waals surface area contributed by atoms with E-state index in [0.717, 1.165) is 5.56 Å². The van der Waals surface area contributed by atoms with Gasteiger partial charge in [-0.15, -0.1) is 0 Å². The minimum atomic E-state index is -0.274. The molecule has 0 aliphatic heterocycles. The molecule has 2 aromatic rings. The standard InChI is InChI=1S/C19H24N2O5/c1-24-15-8-7-14(13-17(15)25-2)9-11-20-18(22)6-3-10-21-19(23)16-5-4-12-26-16/h4-5,7-8,12-13H,3,6,9-11H2,1-2H3,(H,20,22)(H,21,23). The molecular formula is C19H24N2O5. The third kappa shape index (κ3) is 5.84. The number of furan rings is 1. The molecule has 0 aliphatic rings. The molecule has 1 aromatic heterocycles. The van der Waals surface area contributed by atoms with Crippen LogP contribution in [0.2, 0.25) is 0 Å². The molecule has 0 saturated heterocycles. The van der Waals surface area contributed by atoms with E-state index in [1.807, 2.05) is 18.2 Å². The average Bonchev–Trinajstić information content (AvgIpc) is 3.19. The maximum Gasteiger partial charge on any atom is 0.286 e. The third-order valence-corrected chi connectivity index (χ3v) is 3.79. The molecule has 7 heteroatoms. The number of benzene rings is 1. The molecule has 2 rings (SSSR count). The zero-order valence-electron chi connectivity index (χ0n) is 15.0. The van der Waals surface area contributed by atoms with Gasteiger partial charge in [0, 0.05) is 19.5 Å². The summed E-state index contributed by atoms with van der Waals surface area (Å²) in [5, 5.41) is 5.58. The van der Waals surface area contributed by atoms with E-state index < -0.39 is 0 Å². The molecule has 0 radical (unpaired) electrons. The topological polar surface area (TPSA) is 89.8 Å². The van der Waals surface area contributed by atoms with Gasteiger partial charge in [0.05, 0.1) is 20.5 Å². The van der Waals surface area contributed by atoms with Gasteiger partial charge in [-0.1, -0.05) is 6.07 Å². The first-order chi connectivity index (χ1) is 12.6. The van der Waals surface area contributed by atoms with E-state index in [1.165, 1.54) is 6.26 Å². The third-order valence-electron chi connectivity index (χ3n) is 3.79. The average molecular weight is 360 g/mol. The van der Waals surface area contributed by atoms with E-state index in [0.29, 0.717) is 43.9 Å². The van der Waals surface area contributed by atoms with Gasteiger partial charge in [0.1, 0.15) is 0 Å². The van der Waals surface area contributed by atoms with Crippen molar-refractivity contribution in [1.82, 2.24) is 10.6 Å². The van der Waals surface area contributed by atoms with Crippen LogP contribution < -0.4 is 20.1 Å². The first-order valence-electron chi connectivity index (χ1n) is 8.43. The van der Waals surface area contributed by atoms with Gasteiger partial charge in [-0.3, -0.25) is 9.59 Å². The molecule has 1 heterocycles. The summed E-state index contributed by atoms with van der Waals surface area (Å²) in [5.74, 6) is 1.30. The molecule has 0 spiro atoms. The molecule has 0 atom stereocenters. The zero-order chi connectivity index (χ0) is 18.8. The highest BCUT2D eigenvalue weighted by molar-refractivity contribution is 5.91. The number of carbonyl (C=O) groups is 2. The Labute approximate surface area is 152 Å². The van der Waals surface area contributed by atoms with Crippen molar-refractivity contribution in [3.8, 4) is 11.5 Å². The SMILES string of the molecule is COc1ccc(CCNC(=O)CCCNC(=O)c2ccco2)cc1OC. The first kappa shape index (κ1) is 19.4. The van der Waals surface area contributed by atoms with Gasteiger partial charge in [-0.2, -0.15) is 0 Å². The van der Waals surface area contributed by atoms with E-state index >= 15 is 0 Å². The Kier molecular flexibility index (Phi) is 7.54. The van der Waals surface area contributed by atoms with Crippen molar-refractivity contribution < 1.29 is 23.5 Å². The van der Waals surface area contributed by atoms with Crippen LogP contribution in [0.15, 0.2) is 41.0 Å². The minimum Gasteiger partial charge on any atom is -0.493 e. The Morgan fingerprint density at radius 3 is 2.54 bits per heavy atom. The fourth-order valence-electron chi connectivity index (χ4n) is 2.42. The van der Waals surface area contributed by atoms with Crippen LogP contribution in [0.25, 0.3) is 0 Å². The maximum atomic E-state index is 11.8. The van der Waals surface area contributed by atoms with Crippen LogP contribution in [0.1, 0.15) is 29.0 Å². The first-order valence-corrected chi connectivity index (χ1v) is 8.43. The van der Waals surface area contributed by atoms with Gasteiger partial charge in [0.2, 0.25) is 5.91 Å². The molecule has 140 valence electrons. The van der Waals surface area contributed by atoms with E-state index in [2.05, 4.69) is 10.6 Å². The van der Waals surface area contributed by atoms with Gasteiger partial charge in [-0.25, -0.2) is 0 Å². The molecular weight excluding hydrogens is 336 g/mol. The molecule has 7 nitrogen and oxygen atoms in total. The monoisotopic (exact) mass is 360 g/mol. The van der Waals surface area contributed by atoms with Gasteiger partial charge in [0.25, 0.3) is 5.91 Å². The predicted octanol–water partition coefficient (Wildman–Crippen LogP) is 2.17.